The topological polar surface area (TPSA) is 0 Å². The molecule has 0 aliphatic heterocycles. The summed E-state index contributed by atoms with van der Waals surface area (Å²) in [5, 5.41) is -0.0822. The quantitative estimate of drug-likeness (QED) is 0.568. The molecular weight excluding hydrogens is 371 g/mol. The SMILES string of the molecule is Cc1ccc(C(Cl)c2ccc(Br)cc2Br)s1. The molecule has 1 atom stereocenters. The molecule has 2 rings (SSSR count). The second-order valence-corrected chi connectivity index (χ2v) is 7.00. The summed E-state index contributed by atoms with van der Waals surface area (Å²) in [4.78, 5) is 2.47. The molecule has 0 saturated carbocycles. The van der Waals surface area contributed by atoms with Gasteiger partial charge in [0.15, 0.2) is 0 Å². The molecule has 4 heteroatoms. The number of alkyl halides is 1. The monoisotopic (exact) mass is 378 g/mol. The molecule has 16 heavy (non-hydrogen) atoms. The molecule has 0 saturated heterocycles. The largest absolute Gasteiger partial charge is 0.144 e. The van der Waals surface area contributed by atoms with Gasteiger partial charge < -0.3 is 0 Å². The molecule has 1 aromatic carbocycles. The highest BCUT2D eigenvalue weighted by atomic mass is 79.9. The van der Waals surface area contributed by atoms with Gasteiger partial charge >= 0.3 is 0 Å². The maximum atomic E-state index is 6.47. The Bertz CT molecular complexity index is 507. The Balaban J connectivity index is 2.37. The van der Waals surface area contributed by atoms with Crippen molar-refractivity contribution < 1.29 is 0 Å². The molecule has 84 valence electrons. The van der Waals surface area contributed by atoms with Gasteiger partial charge in [-0.05, 0) is 36.8 Å². The Kier molecular flexibility index (Phi) is 4.11. The van der Waals surface area contributed by atoms with Gasteiger partial charge in [-0.2, -0.15) is 0 Å². The van der Waals surface area contributed by atoms with Crippen LogP contribution in [0.4, 0.5) is 0 Å². The lowest BCUT2D eigenvalue weighted by molar-refractivity contribution is 1.17. The second kappa shape index (κ2) is 5.21. The van der Waals surface area contributed by atoms with Crippen LogP contribution in [-0.4, -0.2) is 0 Å². The van der Waals surface area contributed by atoms with Crippen molar-refractivity contribution in [3.63, 3.8) is 0 Å². The number of thiophene rings is 1. The smallest absolute Gasteiger partial charge is 0.0938 e. The van der Waals surface area contributed by atoms with Crippen LogP contribution in [0.3, 0.4) is 0 Å². The first-order valence-corrected chi connectivity index (χ1v) is 7.57. The lowest BCUT2D eigenvalue weighted by Crippen LogP contribution is -1.91. The van der Waals surface area contributed by atoms with Gasteiger partial charge in [0.2, 0.25) is 0 Å². The van der Waals surface area contributed by atoms with Crippen LogP contribution in [0.1, 0.15) is 20.7 Å². The Morgan fingerprint density at radius 1 is 1.19 bits per heavy atom. The highest BCUT2D eigenvalue weighted by Gasteiger charge is 2.15. The fraction of sp³-hybridized carbons (Fsp3) is 0.167. The van der Waals surface area contributed by atoms with Gasteiger partial charge in [-0.25, -0.2) is 0 Å². The lowest BCUT2D eigenvalue weighted by atomic mass is 10.1. The van der Waals surface area contributed by atoms with Crippen LogP contribution in [-0.2, 0) is 0 Å². The molecule has 0 bridgehead atoms. The maximum absolute atomic E-state index is 6.47. The van der Waals surface area contributed by atoms with Gasteiger partial charge in [0, 0.05) is 18.7 Å². The molecule has 0 aliphatic rings. The average Bonchev–Trinajstić information content (AvgIpc) is 2.64. The van der Waals surface area contributed by atoms with Crippen molar-refractivity contribution in [3.05, 3.63) is 54.6 Å². The molecule has 0 nitrogen and oxygen atoms in total. The Morgan fingerprint density at radius 2 is 1.94 bits per heavy atom. The van der Waals surface area contributed by atoms with Crippen molar-refractivity contribution in [1.29, 1.82) is 0 Å². The third-order valence-corrected chi connectivity index (χ3v) is 5.09. The lowest BCUT2D eigenvalue weighted by Gasteiger charge is -2.10. The van der Waals surface area contributed by atoms with Crippen LogP contribution in [0, 0.1) is 6.92 Å². The molecule has 0 aliphatic carbocycles. The van der Waals surface area contributed by atoms with Crippen molar-refractivity contribution in [3.8, 4) is 0 Å². The molecule has 0 N–H and O–H groups in total. The normalized spacial score (nSPS) is 12.8. The maximum Gasteiger partial charge on any atom is 0.0938 e. The number of benzene rings is 1. The summed E-state index contributed by atoms with van der Waals surface area (Å²) in [7, 11) is 0. The summed E-state index contributed by atoms with van der Waals surface area (Å²) in [5.74, 6) is 0. The summed E-state index contributed by atoms with van der Waals surface area (Å²) < 4.78 is 2.09. The van der Waals surface area contributed by atoms with Crippen molar-refractivity contribution >= 4 is 54.8 Å². The summed E-state index contributed by atoms with van der Waals surface area (Å²) in [5.41, 5.74) is 1.10. The Labute approximate surface area is 121 Å². The van der Waals surface area contributed by atoms with Gasteiger partial charge in [-0.15, -0.1) is 22.9 Å². The minimum absolute atomic E-state index is 0.0822. The summed E-state index contributed by atoms with van der Waals surface area (Å²) >= 11 is 15.2. The first kappa shape index (κ1) is 12.6. The van der Waals surface area contributed by atoms with Crippen LogP contribution in [0.15, 0.2) is 39.3 Å². The predicted molar refractivity (Wildman–Crippen MR) is 78.6 cm³/mol. The van der Waals surface area contributed by atoms with Crippen LogP contribution in [0.5, 0.6) is 0 Å². The minimum atomic E-state index is -0.0822. The predicted octanol–water partition coefficient (Wildman–Crippen LogP) is 5.91. The summed E-state index contributed by atoms with van der Waals surface area (Å²) in [6.07, 6.45) is 0. The zero-order chi connectivity index (χ0) is 11.7. The van der Waals surface area contributed by atoms with E-state index in [9.17, 15) is 0 Å². The van der Waals surface area contributed by atoms with E-state index >= 15 is 0 Å². The molecule has 0 fully saturated rings. The van der Waals surface area contributed by atoms with Crippen LogP contribution in [0.25, 0.3) is 0 Å². The fourth-order valence-corrected chi connectivity index (χ4v) is 4.13. The zero-order valence-electron chi connectivity index (χ0n) is 8.51. The van der Waals surface area contributed by atoms with E-state index in [-0.39, 0.29) is 5.38 Å². The van der Waals surface area contributed by atoms with Gasteiger partial charge in [-0.3, -0.25) is 0 Å². The van der Waals surface area contributed by atoms with Crippen LogP contribution < -0.4 is 0 Å². The van der Waals surface area contributed by atoms with Crippen molar-refractivity contribution in [1.82, 2.24) is 0 Å². The summed E-state index contributed by atoms with van der Waals surface area (Å²) in [6, 6.07) is 10.3. The van der Waals surface area contributed by atoms with Gasteiger partial charge in [0.25, 0.3) is 0 Å². The van der Waals surface area contributed by atoms with Crippen molar-refractivity contribution in [2.24, 2.45) is 0 Å². The fourth-order valence-electron chi connectivity index (χ4n) is 1.45. The minimum Gasteiger partial charge on any atom is -0.144 e. The van der Waals surface area contributed by atoms with Crippen LogP contribution in [0.2, 0.25) is 0 Å². The molecule has 0 radical (unpaired) electrons. The average molecular weight is 381 g/mol. The standard InChI is InChI=1S/C12H9Br2ClS/c1-7-2-5-11(16-7)12(15)9-4-3-8(13)6-10(9)14/h2-6,12H,1H3. The van der Waals surface area contributed by atoms with Gasteiger partial charge in [-0.1, -0.05) is 37.9 Å². The number of hydrogen-bond donors (Lipinski definition) is 0. The number of hydrogen-bond acceptors (Lipinski definition) is 1. The van der Waals surface area contributed by atoms with E-state index in [1.165, 1.54) is 9.75 Å². The molecule has 1 unspecified atom stereocenters. The van der Waals surface area contributed by atoms with Crippen LogP contribution >= 0.6 is 54.8 Å². The molecule has 1 aromatic heterocycles. The van der Waals surface area contributed by atoms with Crippen molar-refractivity contribution in [2.75, 3.05) is 0 Å². The highest BCUT2D eigenvalue weighted by molar-refractivity contribution is 9.11. The van der Waals surface area contributed by atoms with E-state index in [0.29, 0.717) is 0 Å². The van der Waals surface area contributed by atoms with E-state index in [0.717, 1.165) is 14.5 Å². The molecule has 1 heterocycles. The third kappa shape index (κ3) is 2.70. The van der Waals surface area contributed by atoms with E-state index in [2.05, 4.69) is 50.9 Å². The first-order valence-electron chi connectivity index (χ1n) is 4.73. The summed E-state index contributed by atoms with van der Waals surface area (Å²) in [6.45, 7) is 2.09. The molecule has 0 spiro atoms. The van der Waals surface area contributed by atoms with E-state index < -0.39 is 0 Å². The first-order chi connectivity index (χ1) is 7.58. The highest BCUT2D eigenvalue weighted by Crippen LogP contribution is 2.37. The Hall–Kier alpha value is 0.170. The second-order valence-electron chi connectivity index (χ2n) is 3.48. The van der Waals surface area contributed by atoms with Gasteiger partial charge in [0.05, 0.1) is 5.38 Å². The van der Waals surface area contributed by atoms with E-state index in [4.69, 9.17) is 11.6 Å². The molecule has 0 amide bonds. The zero-order valence-corrected chi connectivity index (χ0v) is 13.3. The number of rotatable bonds is 2. The molecular formula is C12H9Br2ClS. The third-order valence-electron chi connectivity index (χ3n) is 2.25. The molecule has 2 aromatic rings. The van der Waals surface area contributed by atoms with Gasteiger partial charge in [0.1, 0.15) is 0 Å². The number of aryl methyl sites for hydroxylation is 1. The van der Waals surface area contributed by atoms with E-state index in [1.54, 1.807) is 11.3 Å². The van der Waals surface area contributed by atoms with E-state index in [1.807, 2.05) is 18.2 Å². The van der Waals surface area contributed by atoms with Crippen molar-refractivity contribution in [2.45, 2.75) is 12.3 Å². The Morgan fingerprint density at radius 3 is 2.50 bits per heavy atom. The number of halogens is 3.